The normalized spacial score (nSPS) is 13.4. The second-order valence-corrected chi connectivity index (χ2v) is 6.35. The van der Waals surface area contributed by atoms with Gasteiger partial charge in [-0.3, -0.25) is 0 Å². The lowest BCUT2D eigenvalue weighted by molar-refractivity contribution is 0.453. The van der Waals surface area contributed by atoms with Crippen molar-refractivity contribution in [3.05, 3.63) is 95.2 Å². The number of benzene rings is 3. The molecule has 0 spiro atoms. The van der Waals surface area contributed by atoms with E-state index in [9.17, 15) is 0 Å². The van der Waals surface area contributed by atoms with Crippen molar-refractivity contribution in [1.29, 1.82) is 0 Å². The number of hydrogen-bond acceptors (Lipinski definition) is 1. The van der Waals surface area contributed by atoms with Gasteiger partial charge in [-0.25, -0.2) is 0 Å². The Balaban J connectivity index is 1.83. The summed E-state index contributed by atoms with van der Waals surface area (Å²) in [7, 11) is 0. The van der Waals surface area contributed by atoms with Gasteiger partial charge in [-0.15, -0.1) is 0 Å². The monoisotopic (exact) mass is 311 g/mol. The Morgan fingerprint density at radius 1 is 0.750 bits per heavy atom. The van der Waals surface area contributed by atoms with Crippen molar-refractivity contribution in [3.63, 3.8) is 0 Å². The molecule has 24 heavy (non-hydrogen) atoms. The van der Waals surface area contributed by atoms with E-state index in [0.717, 1.165) is 11.5 Å². The number of fused-ring (bicyclic) bond motifs is 3. The molecule has 0 fully saturated rings. The number of aromatic nitrogens is 1. The number of nitrogens with one attached hydrogen (secondary N) is 1. The van der Waals surface area contributed by atoms with E-state index >= 15 is 0 Å². The second kappa shape index (κ2) is 5.00. The van der Waals surface area contributed by atoms with Gasteiger partial charge in [0, 0.05) is 34.1 Å². The predicted octanol–water partition coefficient (Wildman–Crippen LogP) is 5.76. The lowest BCUT2D eigenvalue weighted by atomic mass is 9.82. The molecular formula is C22H17NO. The van der Waals surface area contributed by atoms with Crippen LogP contribution in [0.1, 0.15) is 28.2 Å². The van der Waals surface area contributed by atoms with Crippen molar-refractivity contribution in [1.82, 2.24) is 4.98 Å². The summed E-state index contributed by atoms with van der Waals surface area (Å²) >= 11 is 0. The number of rotatable bonds is 1. The highest BCUT2D eigenvalue weighted by atomic mass is 16.5. The Labute approximate surface area is 140 Å². The summed E-state index contributed by atoms with van der Waals surface area (Å²) in [5.41, 5.74) is 6.23. The van der Waals surface area contributed by atoms with Gasteiger partial charge in [0.25, 0.3) is 0 Å². The number of hydrogen-bond donors (Lipinski definition) is 1. The molecule has 5 rings (SSSR count). The van der Waals surface area contributed by atoms with E-state index in [0.29, 0.717) is 0 Å². The fourth-order valence-corrected chi connectivity index (χ4v) is 3.81. The van der Waals surface area contributed by atoms with Crippen molar-refractivity contribution >= 4 is 10.9 Å². The van der Waals surface area contributed by atoms with Crippen molar-refractivity contribution in [2.45, 2.75) is 12.8 Å². The molecule has 3 aromatic carbocycles. The first kappa shape index (κ1) is 13.4. The first-order chi connectivity index (χ1) is 11.8. The SMILES string of the molecule is Cc1cccc2c(C3c4ccccc4Oc4ccccc43)c[nH]c12. The molecule has 0 atom stereocenters. The topological polar surface area (TPSA) is 25.0 Å². The van der Waals surface area contributed by atoms with Crippen molar-refractivity contribution in [2.75, 3.05) is 0 Å². The Bertz CT molecular complexity index is 1010. The highest BCUT2D eigenvalue weighted by molar-refractivity contribution is 5.87. The van der Waals surface area contributed by atoms with Crippen LogP contribution in [-0.4, -0.2) is 4.98 Å². The maximum atomic E-state index is 6.13. The highest BCUT2D eigenvalue weighted by Gasteiger charge is 2.29. The summed E-state index contributed by atoms with van der Waals surface area (Å²) in [5, 5.41) is 1.28. The third-order valence-corrected chi connectivity index (χ3v) is 4.95. The first-order valence-electron chi connectivity index (χ1n) is 8.25. The standard InChI is InChI=1S/C22H17NO/c1-14-7-6-10-15-18(13-23-22(14)15)21-16-8-2-4-11-19(16)24-20-12-5-3-9-17(20)21/h2-13,21,23H,1H3. The number of ether oxygens (including phenoxy) is 1. The van der Waals surface area contributed by atoms with E-state index in [1.54, 1.807) is 0 Å². The van der Waals surface area contributed by atoms with Crippen LogP contribution >= 0.6 is 0 Å². The Hall–Kier alpha value is -3.00. The fraction of sp³-hybridized carbons (Fsp3) is 0.0909. The summed E-state index contributed by atoms with van der Waals surface area (Å²) in [6, 6.07) is 23.2. The maximum Gasteiger partial charge on any atom is 0.131 e. The van der Waals surface area contributed by atoms with E-state index < -0.39 is 0 Å². The molecule has 1 aromatic heterocycles. The maximum absolute atomic E-state index is 6.13. The fourth-order valence-electron chi connectivity index (χ4n) is 3.81. The molecule has 0 amide bonds. The molecule has 0 saturated carbocycles. The molecule has 2 heteroatoms. The average molecular weight is 311 g/mol. The van der Waals surface area contributed by atoms with Crippen molar-refractivity contribution in [2.24, 2.45) is 0 Å². The van der Waals surface area contributed by atoms with Crippen LogP contribution in [0.4, 0.5) is 0 Å². The molecule has 0 unspecified atom stereocenters. The van der Waals surface area contributed by atoms with Gasteiger partial charge in [0.05, 0.1) is 0 Å². The molecule has 1 N–H and O–H groups in total. The van der Waals surface area contributed by atoms with Gasteiger partial charge in [0.2, 0.25) is 0 Å². The summed E-state index contributed by atoms with van der Waals surface area (Å²) < 4.78 is 6.13. The van der Waals surface area contributed by atoms with Crippen LogP contribution in [0.25, 0.3) is 10.9 Å². The van der Waals surface area contributed by atoms with Gasteiger partial charge in [0.15, 0.2) is 0 Å². The van der Waals surface area contributed by atoms with Crippen LogP contribution in [0.3, 0.4) is 0 Å². The molecule has 4 aromatic rings. The summed E-state index contributed by atoms with van der Waals surface area (Å²) in [4.78, 5) is 3.47. The minimum atomic E-state index is 0.182. The quantitative estimate of drug-likeness (QED) is 0.418. The zero-order chi connectivity index (χ0) is 16.1. The van der Waals surface area contributed by atoms with E-state index in [1.807, 2.05) is 12.1 Å². The van der Waals surface area contributed by atoms with E-state index in [4.69, 9.17) is 4.74 Å². The second-order valence-electron chi connectivity index (χ2n) is 6.35. The summed E-state index contributed by atoms with van der Waals surface area (Å²) in [5.74, 6) is 2.08. The molecule has 0 saturated heterocycles. The highest BCUT2D eigenvalue weighted by Crippen LogP contribution is 2.48. The van der Waals surface area contributed by atoms with Crippen LogP contribution in [-0.2, 0) is 0 Å². The molecule has 2 nitrogen and oxygen atoms in total. The smallest absolute Gasteiger partial charge is 0.131 e. The Morgan fingerprint density at radius 3 is 2.12 bits per heavy atom. The van der Waals surface area contributed by atoms with Gasteiger partial charge in [-0.2, -0.15) is 0 Å². The average Bonchev–Trinajstić information content (AvgIpc) is 3.05. The van der Waals surface area contributed by atoms with Gasteiger partial charge < -0.3 is 9.72 Å². The van der Waals surface area contributed by atoms with Crippen molar-refractivity contribution < 1.29 is 4.74 Å². The van der Waals surface area contributed by atoms with Crippen LogP contribution in [0.2, 0.25) is 0 Å². The third kappa shape index (κ3) is 1.83. The molecule has 0 aliphatic carbocycles. The lowest BCUT2D eigenvalue weighted by Gasteiger charge is -2.28. The molecule has 2 heterocycles. The van der Waals surface area contributed by atoms with E-state index in [2.05, 4.69) is 72.7 Å². The largest absolute Gasteiger partial charge is 0.457 e. The molecule has 0 radical (unpaired) electrons. The Morgan fingerprint density at radius 2 is 1.42 bits per heavy atom. The Kier molecular flexibility index (Phi) is 2.80. The minimum absolute atomic E-state index is 0.182. The van der Waals surface area contributed by atoms with Gasteiger partial charge >= 0.3 is 0 Å². The van der Waals surface area contributed by atoms with E-state index in [-0.39, 0.29) is 5.92 Å². The van der Waals surface area contributed by atoms with Crippen LogP contribution in [0, 0.1) is 6.92 Å². The minimum Gasteiger partial charge on any atom is -0.457 e. The summed E-state index contributed by atoms with van der Waals surface area (Å²) in [6.45, 7) is 2.15. The van der Waals surface area contributed by atoms with E-state index in [1.165, 1.54) is 33.2 Å². The molecule has 1 aliphatic rings. The predicted molar refractivity (Wildman–Crippen MR) is 96.9 cm³/mol. The third-order valence-electron chi connectivity index (χ3n) is 4.95. The molecular weight excluding hydrogens is 294 g/mol. The number of aromatic amines is 1. The van der Waals surface area contributed by atoms with Crippen LogP contribution in [0.5, 0.6) is 11.5 Å². The zero-order valence-electron chi connectivity index (χ0n) is 13.4. The zero-order valence-corrected chi connectivity index (χ0v) is 13.4. The molecule has 1 aliphatic heterocycles. The molecule has 0 bridgehead atoms. The van der Waals surface area contributed by atoms with Crippen LogP contribution in [0.15, 0.2) is 72.9 Å². The number of aryl methyl sites for hydroxylation is 1. The lowest BCUT2D eigenvalue weighted by Crippen LogP contribution is -2.11. The molecule has 116 valence electrons. The van der Waals surface area contributed by atoms with Crippen molar-refractivity contribution in [3.8, 4) is 11.5 Å². The number of H-pyrrole nitrogens is 1. The van der Waals surface area contributed by atoms with Gasteiger partial charge in [0.1, 0.15) is 11.5 Å². The first-order valence-corrected chi connectivity index (χ1v) is 8.25. The summed E-state index contributed by atoms with van der Waals surface area (Å²) in [6.07, 6.45) is 2.15. The van der Waals surface area contributed by atoms with Gasteiger partial charge in [-0.1, -0.05) is 54.6 Å². The van der Waals surface area contributed by atoms with Crippen LogP contribution < -0.4 is 4.74 Å². The van der Waals surface area contributed by atoms with Gasteiger partial charge in [-0.05, 0) is 30.2 Å². The number of para-hydroxylation sites is 3.